The molecule has 1 nitrogen and oxygen atoms in total. The number of rotatable bonds is 0. The Morgan fingerprint density at radius 1 is 1.00 bits per heavy atom. The van der Waals surface area contributed by atoms with E-state index in [0.717, 1.165) is 26.0 Å². The minimum atomic E-state index is 0.866. The van der Waals surface area contributed by atoms with Crippen molar-refractivity contribution in [1.82, 2.24) is 0 Å². The van der Waals surface area contributed by atoms with Crippen molar-refractivity contribution in [3.8, 4) is 0 Å². The molecule has 0 saturated heterocycles. The van der Waals surface area contributed by atoms with Gasteiger partial charge in [-0.25, -0.2) is 0 Å². The SMILES string of the molecule is [Se]=c1c2[c]cccc2oc2ccccc12. The summed E-state index contributed by atoms with van der Waals surface area (Å²) in [5.41, 5.74) is 1.77. The molecule has 1 heterocycles. The van der Waals surface area contributed by atoms with Crippen LogP contribution in [0.3, 0.4) is 0 Å². The van der Waals surface area contributed by atoms with Crippen LogP contribution in [0.15, 0.2) is 46.9 Å². The predicted molar refractivity (Wildman–Crippen MR) is 61.6 cm³/mol. The molecule has 0 aliphatic carbocycles. The van der Waals surface area contributed by atoms with Gasteiger partial charge in [-0.2, -0.15) is 0 Å². The fourth-order valence-corrected chi connectivity index (χ4v) is 2.37. The number of benzene rings is 2. The summed E-state index contributed by atoms with van der Waals surface area (Å²) in [7, 11) is 0. The van der Waals surface area contributed by atoms with E-state index in [9.17, 15) is 0 Å². The second-order valence-corrected chi connectivity index (χ2v) is 4.19. The minimum absolute atomic E-state index is 0.866. The van der Waals surface area contributed by atoms with Crippen LogP contribution in [-0.4, -0.2) is 15.6 Å². The Bertz CT molecular complexity index is 640. The molecule has 0 spiro atoms. The van der Waals surface area contributed by atoms with Crippen LogP contribution in [0, 0.1) is 10.1 Å². The molecule has 0 amide bonds. The van der Waals surface area contributed by atoms with Crippen molar-refractivity contribution >= 4 is 37.5 Å². The predicted octanol–water partition coefficient (Wildman–Crippen LogP) is 3.09. The third-order valence-electron chi connectivity index (χ3n) is 2.40. The second kappa shape index (κ2) is 3.34. The van der Waals surface area contributed by atoms with Crippen LogP contribution in [0.2, 0.25) is 0 Å². The van der Waals surface area contributed by atoms with E-state index in [-0.39, 0.29) is 0 Å². The van der Waals surface area contributed by atoms with Gasteiger partial charge in [-0.1, -0.05) is 0 Å². The standard InChI is InChI=1S/C13H7OSe/c15-13-9-5-1-3-7-11(9)14-12-8-4-2-6-10(12)13/h1-5,7-8H. The van der Waals surface area contributed by atoms with Gasteiger partial charge in [-0.15, -0.1) is 0 Å². The molecule has 1 aromatic heterocycles. The van der Waals surface area contributed by atoms with Gasteiger partial charge in [0.05, 0.1) is 0 Å². The number of hydrogen-bond donors (Lipinski definition) is 0. The summed E-state index contributed by atoms with van der Waals surface area (Å²) in [4.78, 5) is 0. The van der Waals surface area contributed by atoms with Gasteiger partial charge in [-0.05, 0) is 0 Å². The normalized spacial score (nSPS) is 10.9. The summed E-state index contributed by atoms with van der Waals surface area (Å²) in [6, 6.07) is 17.0. The van der Waals surface area contributed by atoms with Gasteiger partial charge < -0.3 is 0 Å². The zero-order valence-electron chi connectivity index (χ0n) is 7.86. The Kier molecular flexibility index (Phi) is 1.98. The van der Waals surface area contributed by atoms with Gasteiger partial charge in [0.15, 0.2) is 0 Å². The van der Waals surface area contributed by atoms with Crippen LogP contribution in [0.4, 0.5) is 0 Å². The van der Waals surface area contributed by atoms with Crippen molar-refractivity contribution in [2.45, 2.75) is 0 Å². The Hall–Kier alpha value is -1.37. The van der Waals surface area contributed by atoms with Crippen molar-refractivity contribution < 1.29 is 4.42 Å². The third-order valence-corrected chi connectivity index (χ3v) is 3.29. The molecule has 0 atom stereocenters. The van der Waals surface area contributed by atoms with Gasteiger partial charge in [0, 0.05) is 0 Å². The zero-order chi connectivity index (χ0) is 10.3. The number of hydrogen-bond acceptors (Lipinski definition) is 1. The van der Waals surface area contributed by atoms with Crippen LogP contribution in [-0.2, 0) is 0 Å². The summed E-state index contributed by atoms with van der Waals surface area (Å²) in [6.07, 6.45) is 0. The molecule has 71 valence electrons. The molecule has 0 fully saturated rings. The van der Waals surface area contributed by atoms with E-state index < -0.39 is 0 Å². The summed E-state index contributed by atoms with van der Waals surface area (Å²) in [5, 5.41) is 2.11. The van der Waals surface area contributed by atoms with Gasteiger partial charge in [0.2, 0.25) is 0 Å². The van der Waals surface area contributed by atoms with Crippen LogP contribution < -0.4 is 0 Å². The summed E-state index contributed by atoms with van der Waals surface area (Å²) in [6.45, 7) is 0. The first-order valence-corrected chi connectivity index (χ1v) is 5.54. The molecule has 0 bridgehead atoms. The van der Waals surface area contributed by atoms with Crippen LogP contribution in [0.5, 0.6) is 0 Å². The van der Waals surface area contributed by atoms with E-state index in [1.54, 1.807) is 0 Å². The van der Waals surface area contributed by atoms with Crippen molar-refractivity contribution in [1.29, 1.82) is 0 Å². The Morgan fingerprint density at radius 3 is 2.73 bits per heavy atom. The Morgan fingerprint density at radius 2 is 1.80 bits per heavy atom. The molecule has 15 heavy (non-hydrogen) atoms. The second-order valence-electron chi connectivity index (χ2n) is 3.34. The zero-order valence-corrected chi connectivity index (χ0v) is 9.57. The average Bonchev–Trinajstić information content (AvgIpc) is 2.30. The molecule has 2 aromatic carbocycles. The molecule has 1 radical (unpaired) electrons. The van der Waals surface area contributed by atoms with Gasteiger partial charge >= 0.3 is 94.5 Å². The first-order chi connectivity index (χ1) is 7.36. The molecular formula is C13H7OSe. The third kappa shape index (κ3) is 1.34. The molecule has 0 aliphatic heterocycles. The Labute approximate surface area is 94.7 Å². The van der Waals surface area contributed by atoms with Crippen molar-refractivity contribution in [3.05, 3.63) is 52.6 Å². The van der Waals surface area contributed by atoms with Crippen molar-refractivity contribution in [2.75, 3.05) is 0 Å². The van der Waals surface area contributed by atoms with Crippen LogP contribution >= 0.6 is 0 Å². The van der Waals surface area contributed by atoms with E-state index in [1.807, 2.05) is 42.5 Å². The first-order valence-electron chi connectivity index (χ1n) is 4.68. The summed E-state index contributed by atoms with van der Waals surface area (Å²) >= 11 is 3.10. The molecule has 0 N–H and O–H groups in total. The molecule has 3 aromatic rings. The monoisotopic (exact) mass is 259 g/mol. The molecule has 0 aliphatic rings. The maximum absolute atomic E-state index is 5.78. The van der Waals surface area contributed by atoms with E-state index in [4.69, 9.17) is 4.42 Å². The fraction of sp³-hybridized carbons (Fsp3) is 0. The topological polar surface area (TPSA) is 13.1 Å². The van der Waals surface area contributed by atoms with Gasteiger partial charge in [-0.3, -0.25) is 0 Å². The molecule has 3 rings (SSSR count). The number of fused-ring (bicyclic) bond motifs is 2. The van der Waals surface area contributed by atoms with E-state index in [1.165, 1.54) is 0 Å². The van der Waals surface area contributed by atoms with Crippen molar-refractivity contribution in [3.63, 3.8) is 0 Å². The molecular weight excluding hydrogens is 251 g/mol. The van der Waals surface area contributed by atoms with E-state index in [2.05, 4.69) is 21.6 Å². The molecule has 0 unspecified atom stereocenters. The quantitative estimate of drug-likeness (QED) is 0.446. The summed E-state index contributed by atoms with van der Waals surface area (Å²) in [5.74, 6) is 0. The van der Waals surface area contributed by atoms with Crippen LogP contribution in [0.1, 0.15) is 0 Å². The number of para-hydroxylation sites is 1. The van der Waals surface area contributed by atoms with Crippen LogP contribution in [0.25, 0.3) is 21.9 Å². The first kappa shape index (κ1) is 8.90. The maximum atomic E-state index is 5.78. The average molecular weight is 258 g/mol. The molecule has 0 saturated carbocycles. The van der Waals surface area contributed by atoms with Gasteiger partial charge in [0.1, 0.15) is 0 Å². The fourth-order valence-electron chi connectivity index (χ4n) is 1.68. The molecule has 2 heteroatoms. The van der Waals surface area contributed by atoms with Gasteiger partial charge in [0.25, 0.3) is 0 Å². The van der Waals surface area contributed by atoms with Crippen molar-refractivity contribution in [2.24, 2.45) is 0 Å². The summed E-state index contributed by atoms with van der Waals surface area (Å²) < 4.78 is 6.88. The Balaban J connectivity index is 2.66. The van der Waals surface area contributed by atoms with E-state index in [0.29, 0.717) is 0 Å². The van der Waals surface area contributed by atoms with E-state index >= 15 is 0 Å².